The molecule has 0 spiro atoms. The predicted molar refractivity (Wildman–Crippen MR) is 110 cm³/mol. The predicted octanol–water partition coefficient (Wildman–Crippen LogP) is 0.684. The van der Waals surface area contributed by atoms with Crippen molar-refractivity contribution in [1.29, 1.82) is 0 Å². The van der Waals surface area contributed by atoms with E-state index >= 15 is 0 Å². The Bertz CT molecular complexity index is 983. The number of benzene rings is 3. The van der Waals surface area contributed by atoms with Gasteiger partial charge in [0, 0.05) is 0 Å². The van der Waals surface area contributed by atoms with Crippen LogP contribution >= 0.6 is 7.92 Å². The molecule has 0 fully saturated rings. The number of hydrogen-bond donors (Lipinski definition) is 0. The van der Waals surface area contributed by atoms with Crippen LogP contribution in [-0.2, 0) is 23.2 Å². The fourth-order valence-electron chi connectivity index (χ4n) is 4.37. The molecule has 2 aliphatic carbocycles. The van der Waals surface area contributed by atoms with Gasteiger partial charge in [0.05, 0.1) is 0 Å². The fourth-order valence-corrected chi connectivity index (χ4v) is 12.4. The van der Waals surface area contributed by atoms with Crippen LogP contribution in [0.1, 0.15) is 29.5 Å². The van der Waals surface area contributed by atoms with Crippen molar-refractivity contribution in [3.63, 3.8) is 0 Å². The molecule has 3 aromatic rings. The molecule has 1 atom stereocenters. The van der Waals surface area contributed by atoms with Crippen LogP contribution in [-0.4, -0.2) is 13.3 Å². The zero-order valence-corrected chi connectivity index (χ0v) is 20.7. The van der Waals surface area contributed by atoms with Crippen molar-refractivity contribution in [2.24, 2.45) is 0 Å². The van der Waals surface area contributed by atoms with Gasteiger partial charge in [0.25, 0.3) is 0 Å². The zero-order valence-electron chi connectivity index (χ0n) is 15.9. The first-order valence-electron chi connectivity index (χ1n) is 9.16. The van der Waals surface area contributed by atoms with Crippen molar-refractivity contribution >= 4 is 14.0 Å². The average molecular weight is 503 g/mol. The van der Waals surface area contributed by atoms with Gasteiger partial charge < -0.3 is 24.8 Å². The molecular formula is C24H21Cl2PZr. The smallest absolute Gasteiger partial charge is 1.00 e. The van der Waals surface area contributed by atoms with Gasteiger partial charge in [-0.3, -0.25) is 0 Å². The standard InChI is InChI=1S/C13H9.C11H12P.2ClH.Zr/c1-3-7-12-10(5-1)9-11-6-2-4-8-13(11)12;1-12(2)11-7-9-5-3-4-6-10(9)8-11;;;/h1-9H;3-8H,1-2H3;2*1H;/q;;;;+2/p-2. The Balaban J connectivity index is 0.00000112. The van der Waals surface area contributed by atoms with Gasteiger partial charge in [-0.05, 0) is 0 Å². The van der Waals surface area contributed by atoms with E-state index in [-0.39, 0.29) is 32.7 Å². The Kier molecular flexibility index (Phi) is 7.05. The van der Waals surface area contributed by atoms with Gasteiger partial charge in [-0.2, -0.15) is 0 Å². The summed E-state index contributed by atoms with van der Waals surface area (Å²) in [6.07, 6.45) is 2.51. The Morgan fingerprint density at radius 1 is 0.643 bits per heavy atom. The Labute approximate surface area is 193 Å². The van der Waals surface area contributed by atoms with Crippen molar-refractivity contribution in [3.8, 4) is 11.1 Å². The molecule has 4 heteroatoms. The van der Waals surface area contributed by atoms with Crippen LogP contribution < -0.4 is 24.8 Å². The number of rotatable bonds is 3. The molecule has 0 heterocycles. The monoisotopic (exact) mass is 500 g/mol. The summed E-state index contributed by atoms with van der Waals surface area (Å²) in [6.45, 7) is 4.85. The van der Waals surface area contributed by atoms with E-state index in [1.165, 1.54) is 16.7 Å². The second-order valence-electron chi connectivity index (χ2n) is 7.30. The minimum Gasteiger partial charge on any atom is -1.00 e. The largest absolute Gasteiger partial charge is 1.00 e. The maximum absolute atomic E-state index is 2.51. The molecule has 0 amide bonds. The van der Waals surface area contributed by atoms with Crippen molar-refractivity contribution in [2.45, 2.75) is 7.25 Å². The molecule has 140 valence electrons. The van der Waals surface area contributed by atoms with E-state index in [0.29, 0.717) is 3.63 Å². The summed E-state index contributed by atoms with van der Waals surface area (Å²) in [6, 6.07) is 27.3. The van der Waals surface area contributed by atoms with Gasteiger partial charge in [-0.25, -0.2) is 0 Å². The summed E-state index contributed by atoms with van der Waals surface area (Å²) < 4.78 is 1.39. The molecule has 0 nitrogen and oxygen atoms in total. The van der Waals surface area contributed by atoms with Gasteiger partial charge in [0.2, 0.25) is 0 Å². The minimum absolute atomic E-state index is 0. The normalized spacial score (nSPS) is 16.2. The van der Waals surface area contributed by atoms with E-state index < -0.39 is 23.2 Å². The SMILES string of the molecule is CP(C)C1=Cc2ccccc2[CH]1[Zr+2][CH]1c2ccccc2-c2ccccc21.[Cl-].[Cl-]. The van der Waals surface area contributed by atoms with Crippen molar-refractivity contribution < 1.29 is 48.0 Å². The first-order valence-corrected chi connectivity index (χ1v) is 14.2. The molecule has 1 unspecified atom stereocenters. The number of hydrogen-bond acceptors (Lipinski definition) is 0. The van der Waals surface area contributed by atoms with E-state index in [2.05, 4.69) is 92.2 Å². The van der Waals surface area contributed by atoms with Gasteiger partial charge >= 0.3 is 169 Å². The third-order valence-corrected chi connectivity index (χ3v) is 12.3. The molecule has 28 heavy (non-hydrogen) atoms. The molecule has 3 aromatic carbocycles. The first-order chi connectivity index (χ1) is 12.7. The number of halogens is 2. The van der Waals surface area contributed by atoms with Gasteiger partial charge in [-0.1, -0.05) is 0 Å². The van der Waals surface area contributed by atoms with Crippen molar-refractivity contribution in [3.05, 3.63) is 100 Å². The fraction of sp³-hybridized carbons (Fsp3) is 0.167. The van der Waals surface area contributed by atoms with Gasteiger partial charge in [0.1, 0.15) is 0 Å². The Morgan fingerprint density at radius 3 is 1.71 bits per heavy atom. The quantitative estimate of drug-likeness (QED) is 0.463. The summed E-state index contributed by atoms with van der Waals surface area (Å²) in [5.41, 5.74) is 9.19. The average Bonchev–Trinajstić information content (AvgIpc) is 3.20. The molecule has 0 aliphatic heterocycles. The second kappa shape index (κ2) is 8.97. The summed E-state index contributed by atoms with van der Waals surface area (Å²) in [7, 11) is -0.0384. The second-order valence-corrected chi connectivity index (χ2v) is 13.3. The molecule has 0 N–H and O–H groups in total. The third kappa shape index (κ3) is 3.61. The van der Waals surface area contributed by atoms with Crippen LogP contribution in [0.25, 0.3) is 17.2 Å². The zero-order chi connectivity index (χ0) is 17.7. The molecule has 5 rings (SSSR count). The molecule has 0 aromatic heterocycles. The molecule has 0 saturated heterocycles. The van der Waals surface area contributed by atoms with Crippen molar-refractivity contribution in [2.75, 3.05) is 13.3 Å². The maximum atomic E-state index is 2.51. The minimum atomic E-state index is -0.759. The molecular weight excluding hydrogens is 481 g/mol. The Morgan fingerprint density at radius 2 is 1.14 bits per heavy atom. The molecule has 2 aliphatic rings. The molecule has 0 saturated carbocycles. The van der Waals surface area contributed by atoms with E-state index in [0.717, 1.165) is 3.63 Å². The van der Waals surface area contributed by atoms with Crippen LogP contribution in [0.4, 0.5) is 0 Å². The van der Waals surface area contributed by atoms with Gasteiger partial charge in [-0.15, -0.1) is 0 Å². The van der Waals surface area contributed by atoms with E-state index in [4.69, 9.17) is 0 Å². The van der Waals surface area contributed by atoms with Crippen LogP contribution in [0.5, 0.6) is 0 Å². The topological polar surface area (TPSA) is 0 Å². The number of allylic oxidation sites excluding steroid dienone is 1. The number of fused-ring (bicyclic) bond motifs is 4. The van der Waals surface area contributed by atoms with E-state index in [1.807, 2.05) is 0 Å². The van der Waals surface area contributed by atoms with Crippen molar-refractivity contribution in [1.82, 2.24) is 0 Å². The summed E-state index contributed by atoms with van der Waals surface area (Å²) >= 11 is -0.759. The van der Waals surface area contributed by atoms with Crippen LogP contribution in [0, 0.1) is 0 Å². The van der Waals surface area contributed by atoms with Crippen LogP contribution in [0.2, 0.25) is 0 Å². The molecule has 0 bridgehead atoms. The summed E-state index contributed by atoms with van der Waals surface area (Å²) in [5.74, 6) is 0. The Hall–Kier alpha value is -0.707. The van der Waals surface area contributed by atoms with E-state index in [1.54, 1.807) is 22.0 Å². The summed E-state index contributed by atoms with van der Waals surface area (Å²) in [4.78, 5) is 0. The van der Waals surface area contributed by atoms with Crippen LogP contribution in [0.15, 0.2) is 78.1 Å². The van der Waals surface area contributed by atoms with Gasteiger partial charge in [0.15, 0.2) is 0 Å². The third-order valence-electron chi connectivity index (χ3n) is 5.59. The summed E-state index contributed by atoms with van der Waals surface area (Å²) in [5, 5.41) is 1.73. The molecule has 0 radical (unpaired) electrons. The maximum Gasteiger partial charge on any atom is -1.00 e. The van der Waals surface area contributed by atoms with Crippen LogP contribution in [0.3, 0.4) is 0 Å². The van der Waals surface area contributed by atoms with E-state index in [9.17, 15) is 0 Å². The first kappa shape index (κ1) is 22.0.